The van der Waals surface area contributed by atoms with Crippen LogP contribution in [0.1, 0.15) is 0 Å². The van der Waals surface area contributed by atoms with E-state index < -0.39 is 8.10 Å². The van der Waals surface area contributed by atoms with E-state index in [0.717, 1.165) is 0 Å². The fourth-order valence-electron chi connectivity index (χ4n) is 0.0667. The lowest BCUT2D eigenvalue weighted by molar-refractivity contribution is 0.576. The SMILES string of the molecule is [B]N[P+](=O)N([B])[B]. The van der Waals surface area contributed by atoms with Gasteiger partial charge in [0.1, 0.15) is 0 Å². The van der Waals surface area contributed by atoms with Crippen LogP contribution >= 0.6 is 8.10 Å². The number of nitrogens with one attached hydrogen (secondary N) is 1. The molecule has 7 heavy (non-hydrogen) atoms. The number of hydrogen-bond acceptors (Lipinski definition) is 1. The Morgan fingerprint density at radius 3 is 2.00 bits per heavy atom. The van der Waals surface area contributed by atoms with Crippen molar-refractivity contribution >= 4 is 32.0 Å². The quantitative estimate of drug-likeness (QED) is 0.356. The minimum absolute atomic E-state index is 0.495. The summed E-state index contributed by atoms with van der Waals surface area (Å²) in [5.74, 6) is 0. The molecule has 0 aromatic heterocycles. The Kier molecular flexibility index (Phi) is 3.35. The van der Waals surface area contributed by atoms with Gasteiger partial charge in [-0.25, -0.2) is 0 Å². The topological polar surface area (TPSA) is 32.3 Å². The zero-order chi connectivity index (χ0) is 5.86. The van der Waals surface area contributed by atoms with Crippen molar-refractivity contribution in [1.82, 2.24) is 9.49 Å². The predicted molar refractivity (Wildman–Crippen MR) is 29.8 cm³/mol. The van der Waals surface area contributed by atoms with Gasteiger partial charge in [0.2, 0.25) is 16.0 Å². The fourth-order valence-corrected chi connectivity index (χ4v) is 0.200. The summed E-state index contributed by atoms with van der Waals surface area (Å²) in [5, 5.41) is 0. The third-order valence-electron chi connectivity index (χ3n) is 0.320. The Bertz CT molecular complexity index is 73.3. The third-order valence-corrected chi connectivity index (χ3v) is 0.961. The van der Waals surface area contributed by atoms with Gasteiger partial charge in [-0.2, -0.15) is 9.49 Å². The second kappa shape index (κ2) is 3.25. The molecule has 30 valence electrons. The van der Waals surface area contributed by atoms with Crippen LogP contribution in [0.25, 0.3) is 0 Å². The van der Waals surface area contributed by atoms with E-state index in [0.29, 0.717) is 4.49 Å². The Morgan fingerprint density at radius 2 is 2.00 bits per heavy atom. The van der Waals surface area contributed by atoms with E-state index >= 15 is 0 Å². The molecule has 0 aliphatic rings. The lowest BCUT2D eigenvalue weighted by Gasteiger charge is -1.89. The van der Waals surface area contributed by atoms with Gasteiger partial charge in [0, 0.05) is 0 Å². The smallest absolute Gasteiger partial charge is 0.194 e. The Hall–Kier alpha value is 0.215. The van der Waals surface area contributed by atoms with Crippen LogP contribution in [0.2, 0.25) is 0 Å². The van der Waals surface area contributed by atoms with Gasteiger partial charge in [0.15, 0.2) is 0 Å². The molecule has 0 saturated carbocycles. The summed E-state index contributed by atoms with van der Waals surface area (Å²) in [6.07, 6.45) is 0. The van der Waals surface area contributed by atoms with Crippen LogP contribution in [0, 0.1) is 0 Å². The molecule has 0 bridgehead atoms. The molecule has 0 amide bonds. The standard InChI is InChI=1S/B3HN2OP/c1-4-7(6)5(2)3/h(H,4,6)/q+1. The first kappa shape index (κ1) is 7.21. The molecule has 1 atom stereocenters. The van der Waals surface area contributed by atoms with Crippen molar-refractivity contribution < 1.29 is 4.57 Å². The molecule has 0 aliphatic carbocycles. The van der Waals surface area contributed by atoms with Crippen LogP contribution in [0.4, 0.5) is 0 Å². The van der Waals surface area contributed by atoms with Crippen LogP contribution in [-0.2, 0) is 4.57 Å². The summed E-state index contributed by atoms with van der Waals surface area (Å²) in [4.78, 5) is 1.85. The summed E-state index contributed by atoms with van der Waals surface area (Å²) in [6, 6.07) is 0. The maximum atomic E-state index is 10.1. The molecule has 0 saturated heterocycles. The van der Waals surface area contributed by atoms with Gasteiger partial charge >= 0.3 is 8.10 Å². The summed E-state index contributed by atoms with van der Waals surface area (Å²) < 4.78 is 10.6. The zero-order valence-corrected chi connectivity index (χ0v) is 4.43. The number of nitrogens with zero attached hydrogens (tertiary/aromatic N) is 1. The Labute approximate surface area is 47.0 Å². The molecular weight excluding hydrogens is 107 g/mol. The molecule has 1 N–H and O–H groups in total. The van der Waals surface area contributed by atoms with E-state index in [1.165, 1.54) is 0 Å². The van der Waals surface area contributed by atoms with Crippen molar-refractivity contribution in [2.24, 2.45) is 0 Å². The molecule has 0 aromatic carbocycles. The first-order valence-corrected chi connectivity index (χ1v) is 2.62. The van der Waals surface area contributed by atoms with Gasteiger partial charge in [0.05, 0.1) is 0 Å². The van der Waals surface area contributed by atoms with Crippen LogP contribution in [0.15, 0.2) is 0 Å². The summed E-state index contributed by atoms with van der Waals surface area (Å²) in [6.45, 7) is 0. The van der Waals surface area contributed by atoms with Crippen molar-refractivity contribution in [3.8, 4) is 0 Å². The molecule has 6 radical (unpaired) electrons. The van der Waals surface area contributed by atoms with Crippen LogP contribution in [-0.4, -0.2) is 28.4 Å². The molecule has 0 fully saturated rings. The van der Waals surface area contributed by atoms with Gasteiger partial charge in [-0.05, 0) is 4.57 Å². The average molecular weight is 108 g/mol. The largest absolute Gasteiger partial charge is 0.495 e. The first-order chi connectivity index (χ1) is 3.18. The van der Waals surface area contributed by atoms with E-state index in [-0.39, 0.29) is 0 Å². The normalized spacial score (nSPS) is 11.9. The van der Waals surface area contributed by atoms with Crippen LogP contribution in [0.3, 0.4) is 0 Å². The lowest BCUT2D eigenvalue weighted by Crippen LogP contribution is -2.12. The average Bonchev–Trinajstić information content (AvgIpc) is 1.65. The molecular formula is HB3N2OP+. The molecule has 0 rings (SSSR count). The van der Waals surface area contributed by atoms with Gasteiger partial charge in [0.25, 0.3) is 7.98 Å². The van der Waals surface area contributed by atoms with Gasteiger partial charge < -0.3 is 0 Å². The van der Waals surface area contributed by atoms with E-state index in [1.807, 2.05) is 5.00 Å². The first-order valence-electron chi connectivity index (χ1n) is 1.41. The van der Waals surface area contributed by atoms with Crippen molar-refractivity contribution in [2.45, 2.75) is 0 Å². The minimum Gasteiger partial charge on any atom is -0.194 e. The molecule has 0 aliphatic heterocycles. The minimum atomic E-state index is -1.97. The highest BCUT2D eigenvalue weighted by Gasteiger charge is 2.12. The molecule has 1 unspecified atom stereocenters. The molecule has 3 nitrogen and oxygen atoms in total. The maximum absolute atomic E-state index is 10.1. The highest BCUT2D eigenvalue weighted by atomic mass is 31.1. The second-order valence-corrected chi connectivity index (χ2v) is 2.05. The number of rotatable bonds is 2. The third kappa shape index (κ3) is 2.86. The summed E-state index contributed by atoms with van der Waals surface area (Å²) in [5.41, 5.74) is 0. The second-order valence-electron chi connectivity index (χ2n) is 0.782. The Balaban J connectivity index is 3.35. The highest BCUT2D eigenvalue weighted by Crippen LogP contribution is 2.11. The van der Waals surface area contributed by atoms with Crippen molar-refractivity contribution in [2.75, 3.05) is 0 Å². The predicted octanol–water partition coefficient (Wildman–Crippen LogP) is -1.21. The lowest BCUT2D eigenvalue weighted by atomic mass is 10.3. The summed E-state index contributed by atoms with van der Waals surface area (Å²) in [7, 11) is 12.1. The monoisotopic (exact) mass is 109 g/mol. The highest BCUT2D eigenvalue weighted by molar-refractivity contribution is 7.44. The maximum Gasteiger partial charge on any atom is 0.495 e. The zero-order valence-electron chi connectivity index (χ0n) is 3.53. The van der Waals surface area contributed by atoms with Gasteiger partial charge in [-0.1, -0.05) is 0 Å². The van der Waals surface area contributed by atoms with Crippen molar-refractivity contribution in [3.63, 3.8) is 0 Å². The van der Waals surface area contributed by atoms with Crippen LogP contribution in [0.5, 0.6) is 0 Å². The molecule has 0 aromatic rings. The van der Waals surface area contributed by atoms with E-state index in [2.05, 4.69) is 7.98 Å². The number of hydrogen-bond donors (Lipinski definition) is 1. The van der Waals surface area contributed by atoms with E-state index in [9.17, 15) is 4.57 Å². The fraction of sp³-hybridized carbons (Fsp3) is 0. The summed E-state index contributed by atoms with van der Waals surface area (Å²) >= 11 is 0. The molecule has 0 spiro atoms. The van der Waals surface area contributed by atoms with Gasteiger partial charge in [-0.3, -0.25) is 0 Å². The molecule has 7 heteroatoms. The van der Waals surface area contributed by atoms with Gasteiger partial charge in [-0.15, -0.1) is 0 Å². The van der Waals surface area contributed by atoms with E-state index in [4.69, 9.17) is 16.0 Å². The van der Waals surface area contributed by atoms with E-state index in [1.54, 1.807) is 0 Å². The Morgan fingerprint density at radius 1 is 1.57 bits per heavy atom. The van der Waals surface area contributed by atoms with Crippen LogP contribution < -0.4 is 5.00 Å². The van der Waals surface area contributed by atoms with Crippen molar-refractivity contribution in [3.05, 3.63) is 0 Å². The molecule has 0 heterocycles. The van der Waals surface area contributed by atoms with Crippen molar-refractivity contribution in [1.29, 1.82) is 0 Å².